The number of benzene rings is 1. The third-order valence-electron chi connectivity index (χ3n) is 4.08. The highest BCUT2D eigenvalue weighted by Gasteiger charge is 2.36. The normalized spacial score (nSPS) is 24.9. The van der Waals surface area contributed by atoms with E-state index in [0.29, 0.717) is 12.1 Å². The molecular weight excluding hydrogens is 284 g/mol. The molecule has 1 heterocycles. The van der Waals surface area contributed by atoms with Crippen molar-refractivity contribution in [1.29, 1.82) is 0 Å². The molecule has 1 saturated heterocycles. The van der Waals surface area contributed by atoms with Crippen LogP contribution in [-0.2, 0) is 6.18 Å². The van der Waals surface area contributed by atoms with Gasteiger partial charge in [0, 0.05) is 12.1 Å². The second-order valence-corrected chi connectivity index (χ2v) is 5.47. The molecule has 118 valence electrons. The van der Waals surface area contributed by atoms with Crippen molar-refractivity contribution in [3.63, 3.8) is 0 Å². The average Bonchev–Trinajstić information content (AvgIpc) is 2.59. The number of likely N-dealkylation sites (N-methyl/N-ethyl adjacent to an activating group) is 1. The van der Waals surface area contributed by atoms with E-state index in [2.05, 4.69) is 4.90 Å². The van der Waals surface area contributed by atoms with Gasteiger partial charge in [-0.05, 0) is 43.6 Å². The second-order valence-electron chi connectivity index (χ2n) is 5.47. The summed E-state index contributed by atoms with van der Waals surface area (Å²) in [7, 11) is 0. The number of rotatable bonds is 2. The van der Waals surface area contributed by atoms with Crippen molar-refractivity contribution in [3.05, 3.63) is 35.1 Å². The number of halogens is 4. The fourth-order valence-electron chi connectivity index (χ4n) is 3.02. The van der Waals surface area contributed by atoms with Gasteiger partial charge in [-0.3, -0.25) is 4.90 Å². The molecule has 0 aromatic heterocycles. The molecule has 0 saturated carbocycles. The summed E-state index contributed by atoms with van der Waals surface area (Å²) in [4.78, 5) is 2.07. The largest absolute Gasteiger partial charge is 0.419 e. The Hall–Kier alpha value is -1.14. The molecule has 2 N–H and O–H groups in total. The van der Waals surface area contributed by atoms with E-state index in [1.165, 1.54) is 6.07 Å². The van der Waals surface area contributed by atoms with Crippen LogP contribution >= 0.6 is 0 Å². The van der Waals surface area contributed by atoms with Gasteiger partial charge in [0.05, 0.1) is 5.56 Å². The van der Waals surface area contributed by atoms with Crippen LogP contribution in [0.5, 0.6) is 0 Å². The number of hydrogen-bond acceptors (Lipinski definition) is 2. The van der Waals surface area contributed by atoms with Gasteiger partial charge in [0.2, 0.25) is 0 Å². The summed E-state index contributed by atoms with van der Waals surface area (Å²) in [6.45, 7) is 3.46. The van der Waals surface area contributed by atoms with Gasteiger partial charge >= 0.3 is 6.18 Å². The maximum absolute atomic E-state index is 13.4. The number of alkyl halides is 3. The summed E-state index contributed by atoms with van der Waals surface area (Å²) in [5, 5.41) is 0. The zero-order valence-corrected chi connectivity index (χ0v) is 12.0. The molecule has 1 aromatic carbocycles. The Morgan fingerprint density at radius 2 is 2.00 bits per heavy atom. The van der Waals surface area contributed by atoms with E-state index in [9.17, 15) is 17.6 Å². The Bertz CT molecular complexity index is 487. The summed E-state index contributed by atoms with van der Waals surface area (Å²) < 4.78 is 52.0. The van der Waals surface area contributed by atoms with E-state index in [0.717, 1.165) is 37.9 Å². The maximum atomic E-state index is 13.4. The molecule has 2 nitrogen and oxygen atoms in total. The molecule has 0 bridgehead atoms. The van der Waals surface area contributed by atoms with E-state index < -0.39 is 17.6 Å². The first kappa shape index (κ1) is 16.2. The lowest BCUT2D eigenvalue weighted by molar-refractivity contribution is -0.140. The van der Waals surface area contributed by atoms with Crippen LogP contribution in [0.4, 0.5) is 17.6 Å². The van der Waals surface area contributed by atoms with Crippen molar-refractivity contribution in [2.24, 2.45) is 5.73 Å². The Morgan fingerprint density at radius 3 is 2.62 bits per heavy atom. The van der Waals surface area contributed by atoms with Crippen LogP contribution in [0.3, 0.4) is 0 Å². The average molecular weight is 304 g/mol. The van der Waals surface area contributed by atoms with E-state index >= 15 is 0 Å². The zero-order chi connectivity index (χ0) is 15.6. The molecule has 0 radical (unpaired) electrons. The third-order valence-corrected chi connectivity index (χ3v) is 4.08. The summed E-state index contributed by atoms with van der Waals surface area (Å²) in [6, 6.07) is 2.69. The van der Waals surface area contributed by atoms with E-state index in [-0.39, 0.29) is 12.1 Å². The molecule has 6 heteroatoms. The van der Waals surface area contributed by atoms with Crippen molar-refractivity contribution < 1.29 is 17.6 Å². The van der Waals surface area contributed by atoms with Crippen molar-refractivity contribution >= 4 is 0 Å². The smallest absolute Gasteiger partial charge is 0.326 e. The summed E-state index contributed by atoms with van der Waals surface area (Å²) >= 11 is 0. The molecule has 1 aliphatic rings. The predicted molar refractivity (Wildman–Crippen MR) is 73.2 cm³/mol. The van der Waals surface area contributed by atoms with Crippen LogP contribution in [0, 0.1) is 5.82 Å². The molecule has 0 spiro atoms. The van der Waals surface area contributed by atoms with Gasteiger partial charge in [0.25, 0.3) is 0 Å². The Kier molecular flexibility index (Phi) is 4.88. The molecule has 1 aliphatic heterocycles. The van der Waals surface area contributed by atoms with Gasteiger partial charge < -0.3 is 5.73 Å². The molecule has 0 amide bonds. The number of likely N-dealkylation sites (tertiary alicyclic amines) is 1. The molecule has 2 unspecified atom stereocenters. The van der Waals surface area contributed by atoms with Crippen molar-refractivity contribution in [2.75, 3.05) is 13.1 Å². The lowest BCUT2D eigenvalue weighted by Crippen LogP contribution is -2.39. The van der Waals surface area contributed by atoms with Crippen LogP contribution in [0.2, 0.25) is 0 Å². The van der Waals surface area contributed by atoms with Crippen molar-refractivity contribution in [1.82, 2.24) is 4.90 Å². The first-order valence-corrected chi connectivity index (χ1v) is 7.21. The molecule has 21 heavy (non-hydrogen) atoms. The maximum Gasteiger partial charge on any atom is 0.419 e. The minimum absolute atomic E-state index is 0.237. The second kappa shape index (κ2) is 6.32. The van der Waals surface area contributed by atoms with E-state index in [4.69, 9.17) is 5.73 Å². The van der Waals surface area contributed by atoms with Crippen LogP contribution in [0.25, 0.3) is 0 Å². The summed E-state index contributed by atoms with van der Waals surface area (Å²) in [5.74, 6) is -1.24. The molecular formula is C15H20F4N2. The van der Waals surface area contributed by atoms with Gasteiger partial charge in [-0.15, -0.1) is 0 Å². The van der Waals surface area contributed by atoms with E-state index in [1.54, 1.807) is 0 Å². The molecule has 1 fully saturated rings. The minimum atomic E-state index is -4.69. The van der Waals surface area contributed by atoms with Gasteiger partial charge in [0.1, 0.15) is 5.82 Å². The lowest BCUT2D eigenvalue weighted by atomic mass is 9.94. The highest BCUT2D eigenvalue weighted by Crippen LogP contribution is 2.36. The summed E-state index contributed by atoms with van der Waals surface area (Å²) in [5.41, 5.74) is 5.39. The lowest BCUT2D eigenvalue weighted by Gasteiger charge is -2.33. The van der Waals surface area contributed by atoms with Crippen LogP contribution in [-0.4, -0.2) is 24.0 Å². The minimum Gasteiger partial charge on any atom is -0.326 e. The van der Waals surface area contributed by atoms with Gasteiger partial charge in [0.15, 0.2) is 0 Å². The van der Waals surface area contributed by atoms with Crippen LogP contribution < -0.4 is 5.73 Å². The highest BCUT2D eigenvalue weighted by molar-refractivity contribution is 5.30. The fourth-order valence-corrected chi connectivity index (χ4v) is 3.02. The van der Waals surface area contributed by atoms with Crippen molar-refractivity contribution in [2.45, 2.75) is 44.4 Å². The molecule has 1 aromatic rings. The van der Waals surface area contributed by atoms with Gasteiger partial charge in [-0.2, -0.15) is 13.2 Å². The number of nitrogens with zero attached hydrogens (tertiary/aromatic N) is 1. The quantitative estimate of drug-likeness (QED) is 0.844. The van der Waals surface area contributed by atoms with E-state index in [1.807, 2.05) is 6.92 Å². The SMILES string of the molecule is CCN1CCCCC(N)C1c1ccc(F)c(C(F)(F)F)c1. The van der Waals surface area contributed by atoms with Crippen LogP contribution in [0.1, 0.15) is 43.4 Å². The Balaban J connectivity index is 2.43. The fraction of sp³-hybridized carbons (Fsp3) is 0.600. The number of nitrogens with two attached hydrogens (primary N) is 1. The van der Waals surface area contributed by atoms with Gasteiger partial charge in [-0.25, -0.2) is 4.39 Å². The molecule has 2 atom stereocenters. The van der Waals surface area contributed by atoms with Gasteiger partial charge in [-0.1, -0.05) is 19.4 Å². The third kappa shape index (κ3) is 3.55. The predicted octanol–water partition coefficient (Wildman–Crippen LogP) is 3.72. The number of hydrogen-bond donors (Lipinski definition) is 1. The summed E-state index contributed by atoms with van der Waals surface area (Å²) in [6.07, 6.45) is -1.99. The monoisotopic (exact) mass is 304 g/mol. The van der Waals surface area contributed by atoms with Crippen LogP contribution in [0.15, 0.2) is 18.2 Å². The Morgan fingerprint density at radius 1 is 1.29 bits per heavy atom. The standard InChI is InChI=1S/C15H20F4N2/c1-2-21-8-4-3-5-13(20)14(21)10-6-7-12(16)11(9-10)15(17,18)19/h6-7,9,13-14H,2-5,8,20H2,1H3. The Labute approximate surface area is 121 Å². The topological polar surface area (TPSA) is 29.3 Å². The molecule has 2 rings (SSSR count). The first-order chi connectivity index (χ1) is 9.84. The highest BCUT2D eigenvalue weighted by atomic mass is 19.4. The first-order valence-electron chi connectivity index (χ1n) is 7.21. The van der Waals surface area contributed by atoms with Crippen molar-refractivity contribution in [3.8, 4) is 0 Å². The molecule has 0 aliphatic carbocycles. The zero-order valence-electron chi connectivity index (χ0n) is 12.0.